The third-order valence-corrected chi connectivity index (χ3v) is 4.34. The zero-order valence-corrected chi connectivity index (χ0v) is 10.0. The van der Waals surface area contributed by atoms with Crippen molar-refractivity contribution in [2.45, 2.75) is 18.9 Å². The van der Waals surface area contributed by atoms with Gasteiger partial charge in [0.25, 0.3) is 5.91 Å². The fourth-order valence-corrected chi connectivity index (χ4v) is 3.41. The van der Waals surface area contributed by atoms with Crippen molar-refractivity contribution in [3.63, 3.8) is 0 Å². The predicted molar refractivity (Wildman–Crippen MR) is 64.7 cm³/mol. The molecule has 0 spiro atoms. The minimum Gasteiger partial charge on any atom is -0.337 e. The molecule has 4 heteroatoms. The van der Waals surface area contributed by atoms with Crippen molar-refractivity contribution in [2.24, 2.45) is 5.92 Å². The van der Waals surface area contributed by atoms with Crippen LogP contribution in [0.3, 0.4) is 0 Å². The van der Waals surface area contributed by atoms with Crippen LogP contribution in [-0.2, 0) is 0 Å². The summed E-state index contributed by atoms with van der Waals surface area (Å²) in [5.74, 6) is 0.883. The van der Waals surface area contributed by atoms with Crippen LogP contribution in [0.4, 0.5) is 0 Å². The van der Waals surface area contributed by atoms with E-state index in [0.29, 0.717) is 12.0 Å². The normalized spacial score (nSPS) is 29.1. The Morgan fingerprint density at radius 1 is 1.50 bits per heavy atom. The highest BCUT2D eigenvalue weighted by Crippen LogP contribution is 2.26. The van der Waals surface area contributed by atoms with Crippen LogP contribution in [0.5, 0.6) is 0 Å². The Kier molecular flexibility index (Phi) is 2.69. The molecular weight excluding hydrogens is 220 g/mol. The third-order valence-electron chi connectivity index (χ3n) is 3.65. The van der Waals surface area contributed by atoms with Crippen LogP contribution in [0.1, 0.15) is 23.2 Å². The van der Waals surface area contributed by atoms with E-state index < -0.39 is 0 Å². The second-order valence-corrected chi connectivity index (χ2v) is 5.47. The summed E-state index contributed by atoms with van der Waals surface area (Å²) in [5, 5.41) is 7.43. The van der Waals surface area contributed by atoms with Crippen LogP contribution in [-0.4, -0.2) is 36.5 Å². The summed E-state index contributed by atoms with van der Waals surface area (Å²) in [7, 11) is 0. The van der Waals surface area contributed by atoms with Gasteiger partial charge in [-0.15, -0.1) is 0 Å². The predicted octanol–water partition coefficient (Wildman–Crippen LogP) is 1.57. The van der Waals surface area contributed by atoms with Gasteiger partial charge in [0.2, 0.25) is 0 Å². The van der Waals surface area contributed by atoms with E-state index >= 15 is 0 Å². The van der Waals surface area contributed by atoms with E-state index in [1.165, 1.54) is 12.8 Å². The van der Waals surface area contributed by atoms with E-state index in [2.05, 4.69) is 5.32 Å². The number of piperidine rings is 1. The molecule has 2 saturated heterocycles. The van der Waals surface area contributed by atoms with Gasteiger partial charge in [-0.1, -0.05) is 0 Å². The third kappa shape index (κ3) is 1.76. The molecule has 1 N–H and O–H groups in total. The topological polar surface area (TPSA) is 32.3 Å². The highest BCUT2D eigenvalue weighted by molar-refractivity contribution is 7.08. The summed E-state index contributed by atoms with van der Waals surface area (Å²) in [6.45, 7) is 2.94. The van der Waals surface area contributed by atoms with Gasteiger partial charge in [-0.3, -0.25) is 4.79 Å². The number of nitrogens with one attached hydrogen (secondary N) is 1. The first kappa shape index (κ1) is 10.3. The van der Waals surface area contributed by atoms with E-state index in [9.17, 15) is 4.79 Å². The van der Waals surface area contributed by atoms with Crippen LogP contribution < -0.4 is 5.32 Å². The Hall–Kier alpha value is -0.870. The zero-order chi connectivity index (χ0) is 11.0. The molecule has 2 aliphatic heterocycles. The maximum Gasteiger partial charge on any atom is 0.254 e. The van der Waals surface area contributed by atoms with Gasteiger partial charge in [-0.25, -0.2) is 0 Å². The van der Waals surface area contributed by atoms with Gasteiger partial charge in [0.15, 0.2) is 0 Å². The molecule has 1 aromatic rings. The van der Waals surface area contributed by atoms with Crippen LogP contribution in [0.2, 0.25) is 0 Å². The average Bonchev–Trinajstić information content (AvgIpc) is 2.97. The second kappa shape index (κ2) is 4.18. The SMILES string of the molecule is O=C(c1ccsc1)N1C[C@@H]2CCCN[C@@H]2C1. The molecule has 2 atom stereocenters. The number of nitrogens with zero attached hydrogens (tertiary/aromatic N) is 1. The van der Waals surface area contributed by atoms with Crippen LogP contribution in [0.25, 0.3) is 0 Å². The first-order chi connectivity index (χ1) is 7.84. The van der Waals surface area contributed by atoms with Crippen molar-refractivity contribution in [2.75, 3.05) is 19.6 Å². The molecular formula is C12H16N2OS. The first-order valence-electron chi connectivity index (χ1n) is 5.89. The van der Waals surface area contributed by atoms with E-state index in [4.69, 9.17) is 0 Å². The lowest BCUT2D eigenvalue weighted by molar-refractivity contribution is 0.0786. The highest BCUT2D eigenvalue weighted by Gasteiger charge is 2.36. The molecule has 3 rings (SSSR count). The molecule has 0 aliphatic carbocycles. The Bertz CT molecular complexity index is 362. The number of rotatable bonds is 1. The Balaban J connectivity index is 1.71. The van der Waals surface area contributed by atoms with Gasteiger partial charge in [-0.2, -0.15) is 11.3 Å². The lowest BCUT2D eigenvalue weighted by atomic mass is 9.94. The number of hydrogen-bond acceptors (Lipinski definition) is 3. The molecule has 0 saturated carbocycles. The summed E-state index contributed by atoms with van der Waals surface area (Å²) in [6.07, 6.45) is 2.52. The van der Waals surface area contributed by atoms with Crippen molar-refractivity contribution in [3.05, 3.63) is 22.4 Å². The van der Waals surface area contributed by atoms with Gasteiger partial charge in [0.1, 0.15) is 0 Å². The quantitative estimate of drug-likeness (QED) is 0.803. The van der Waals surface area contributed by atoms with Gasteiger partial charge in [0, 0.05) is 24.5 Å². The molecule has 0 aromatic carbocycles. The molecule has 0 unspecified atom stereocenters. The number of carbonyl (C=O) groups excluding carboxylic acids is 1. The fourth-order valence-electron chi connectivity index (χ4n) is 2.78. The van der Waals surface area contributed by atoms with E-state index in [-0.39, 0.29) is 5.91 Å². The molecule has 16 heavy (non-hydrogen) atoms. The smallest absolute Gasteiger partial charge is 0.254 e. The zero-order valence-electron chi connectivity index (χ0n) is 9.19. The Labute approximate surface area is 99.5 Å². The molecule has 86 valence electrons. The number of fused-ring (bicyclic) bond motifs is 1. The van der Waals surface area contributed by atoms with Crippen molar-refractivity contribution in [1.29, 1.82) is 0 Å². The van der Waals surface area contributed by atoms with Crippen molar-refractivity contribution >= 4 is 17.2 Å². The van der Waals surface area contributed by atoms with E-state index in [1.807, 2.05) is 21.7 Å². The summed E-state index contributed by atoms with van der Waals surface area (Å²) in [5.41, 5.74) is 0.851. The molecule has 2 aliphatic rings. The molecule has 3 nitrogen and oxygen atoms in total. The van der Waals surface area contributed by atoms with Crippen LogP contribution >= 0.6 is 11.3 Å². The monoisotopic (exact) mass is 236 g/mol. The highest BCUT2D eigenvalue weighted by atomic mass is 32.1. The summed E-state index contributed by atoms with van der Waals surface area (Å²) >= 11 is 1.59. The number of likely N-dealkylation sites (tertiary alicyclic amines) is 1. The van der Waals surface area contributed by atoms with Gasteiger partial charge < -0.3 is 10.2 Å². The Morgan fingerprint density at radius 3 is 3.19 bits per heavy atom. The fraction of sp³-hybridized carbons (Fsp3) is 0.583. The average molecular weight is 236 g/mol. The van der Waals surface area contributed by atoms with Crippen molar-refractivity contribution in [3.8, 4) is 0 Å². The van der Waals surface area contributed by atoms with Crippen molar-refractivity contribution in [1.82, 2.24) is 10.2 Å². The van der Waals surface area contributed by atoms with Crippen LogP contribution in [0, 0.1) is 5.92 Å². The minimum atomic E-state index is 0.206. The van der Waals surface area contributed by atoms with Crippen molar-refractivity contribution < 1.29 is 4.79 Å². The van der Waals surface area contributed by atoms with Gasteiger partial charge in [-0.05, 0) is 36.8 Å². The molecule has 3 heterocycles. The van der Waals surface area contributed by atoms with Crippen LogP contribution in [0.15, 0.2) is 16.8 Å². The first-order valence-corrected chi connectivity index (χ1v) is 6.84. The summed E-state index contributed by atoms with van der Waals surface area (Å²) in [4.78, 5) is 14.2. The minimum absolute atomic E-state index is 0.206. The Morgan fingerprint density at radius 2 is 2.44 bits per heavy atom. The molecule has 0 radical (unpaired) electrons. The van der Waals surface area contributed by atoms with Gasteiger partial charge >= 0.3 is 0 Å². The number of carbonyl (C=O) groups is 1. The molecule has 1 amide bonds. The van der Waals surface area contributed by atoms with Gasteiger partial charge in [0.05, 0.1) is 5.56 Å². The largest absolute Gasteiger partial charge is 0.337 e. The number of hydrogen-bond donors (Lipinski definition) is 1. The lowest BCUT2D eigenvalue weighted by Gasteiger charge is -2.24. The molecule has 1 aromatic heterocycles. The number of amides is 1. The lowest BCUT2D eigenvalue weighted by Crippen LogP contribution is -2.41. The standard InChI is InChI=1S/C12H16N2OS/c15-12(10-3-5-16-8-10)14-6-9-2-1-4-13-11(9)7-14/h3,5,8-9,11,13H,1-2,4,6-7H2/t9-,11+/m0/s1. The number of thiophene rings is 1. The maximum atomic E-state index is 12.2. The molecule has 2 fully saturated rings. The summed E-state index contributed by atoms with van der Waals surface area (Å²) < 4.78 is 0. The molecule has 0 bridgehead atoms. The summed E-state index contributed by atoms with van der Waals surface area (Å²) in [6, 6.07) is 2.46. The maximum absolute atomic E-state index is 12.2. The second-order valence-electron chi connectivity index (χ2n) is 4.69. The van der Waals surface area contributed by atoms with E-state index in [1.54, 1.807) is 11.3 Å². The van der Waals surface area contributed by atoms with E-state index in [0.717, 1.165) is 25.2 Å².